The number of esters is 6. The number of nitrogens with zero attached hydrogens (tertiary/aromatic N) is 6. The van der Waals surface area contributed by atoms with Crippen LogP contribution >= 0.6 is 22.7 Å². The van der Waals surface area contributed by atoms with Crippen molar-refractivity contribution in [1.29, 1.82) is 21.0 Å². The molecule has 0 aliphatic heterocycles. The molecule has 0 radical (unpaired) electrons. The molecule has 534 valence electrons. The predicted molar refractivity (Wildman–Crippen MR) is 404 cm³/mol. The fraction of sp³-hybridized carbons (Fsp3) is 0.114. The first-order chi connectivity index (χ1) is 53.6. The first kappa shape index (κ1) is 72.5. The number of fused-ring (bicyclic) bond motifs is 8. The van der Waals surface area contributed by atoms with E-state index in [1.165, 1.54) is 42.5 Å². The Labute approximate surface area is 637 Å². The number of ether oxygens (including phenoxy) is 6. The summed E-state index contributed by atoms with van der Waals surface area (Å²) in [6, 6.07) is 63.4. The Hall–Kier alpha value is -14.4. The molecule has 5 aliphatic carbocycles. The van der Waals surface area contributed by atoms with Crippen molar-refractivity contribution in [3.8, 4) is 34.0 Å². The maximum absolute atomic E-state index is 17.4. The monoisotopic (exact) mass is 1480 g/mol. The maximum Gasteiger partial charge on any atom is 0.334 e. The Kier molecular flexibility index (Phi) is 20.2. The number of carbonyl (C=O) groups is 8. The highest BCUT2D eigenvalue weighted by Gasteiger charge is 2.72. The number of hydrogen-bond donors (Lipinski definition) is 0. The second-order valence-corrected chi connectivity index (χ2v) is 27.5. The van der Waals surface area contributed by atoms with Gasteiger partial charge in [0.05, 0.1) is 21.1 Å². The third-order valence-corrected chi connectivity index (χ3v) is 21.6. The molecular formula is C88H56N6O14S2. The van der Waals surface area contributed by atoms with Crippen LogP contribution in [0.25, 0.3) is 27.5 Å². The summed E-state index contributed by atoms with van der Waals surface area (Å²) in [5.41, 5.74) is -13.7. The summed E-state index contributed by atoms with van der Waals surface area (Å²) in [4.78, 5) is 142. The molecule has 20 nitrogen and oxygen atoms in total. The summed E-state index contributed by atoms with van der Waals surface area (Å²) < 4.78 is 38.7. The highest BCUT2D eigenvalue weighted by atomic mass is 32.1. The van der Waals surface area contributed by atoms with Crippen molar-refractivity contribution in [2.75, 3.05) is 0 Å². The SMILES string of the molecule is C=C/C=C1/C(=O)C(=NC2=Cc3sc4c(c3C2(C(=O)OCc2ccccc2)C(=O)OCc2ccccc2)C(C(=O)OCc2ccccc2)(C(=O)OCc2ccccc2)c2c-4sc3c2C(C(=O)OCc2ccccc2)(C(=O)OCc2ccccc2)C(N=C2C(=O)c4ccccc4C2=C(C#N)C#N)=C3)C(=C(C#N)C#N)/C1=C/C. The summed E-state index contributed by atoms with van der Waals surface area (Å²) in [7, 11) is 0. The molecule has 0 unspecified atom stereocenters. The maximum atomic E-state index is 17.4. The van der Waals surface area contributed by atoms with Gasteiger partial charge in [-0.3, -0.25) is 38.4 Å². The molecular weight excluding hydrogens is 1430 g/mol. The average molecular weight is 1490 g/mol. The summed E-state index contributed by atoms with van der Waals surface area (Å²) in [6.07, 6.45) is 6.64. The van der Waals surface area contributed by atoms with E-state index in [4.69, 9.17) is 38.4 Å². The first-order valence-electron chi connectivity index (χ1n) is 34.2. The Morgan fingerprint density at radius 1 is 0.391 bits per heavy atom. The number of rotatable bonds is 21. The van der Waals surface area contributed by atoms with Gasteiger partial charge < -0.3 is 28.4 Å². The summed E-state index contributed by atoms with van der Waals surface area (Å²) >= 11 is 1.60. The van der Waals surface area contributed by atoms with Crippen molar-refractivity contribution in [1.82, 2.24) is 0 Å². The fourth-order valence-corrected chi connectivity index (χ4v) is 17.0. The van der Waals surface area contributed by atoms with Gasteiger partial charge in [0.15, 0.2) is 0 Å². The minimum Gasteiger partial charge on any atom is -0.459 e. The van der Waals surface area contributed by atoms with Crippen LogP contribution in [0.15, 0.2) is 280 Å². The zero-order valence-electron chi connectivity index (χ0n) is 58.2. The lowest BCUT2D eigenvalue weighted by Crippen LogP contribution is -2.53. The van der Waals surface area contributed by atoms with Crippen molar-refractivity contribution in [3.63, 3.8) is 0 Å². The highest BCUT2D eigenvalue weighted by molar-refractivity contribution is 7.24. The third kappa shape index (κ3) is 12.3. The first-order valence-corrected chi connectivity index (χ1v) is 35.8. The summed E-state index contributed by atoms with van der Waals surface area (Å²) in [5, 5.41) is 42.7. The van der Waals surface area contributed by atoms with Gasteiger partial charge in [-0.1, -0.05) is 231 Å². The van der Waals surface area contributed by atoms with Crippen LogP contribution in [0.1, 0.15) is 88.2 Å². The zero-order chi connectivity index (χ0) is 76.8. The lowest BCUT2D eigenvalue weighted by atomic mass is 9.67. The van der Waals surface area contributed by atoms with Gasteiger partial charge in [0.1, 0.15) is 86.5 Å². The second kappa shape index (κ2) is 30.6. The van der Waals surface area contributed by atoms with E-state index in [9.17, 15) is 21.0 Å². The van der Waals surface area contributed by atoms with E-state index in [0.717, 1.165) is 22.7 Å². The van der Waals surface area contributed by atoms with Gasteiger partial charge >= 0.3 is 35.8 Å². The molecule has 0 N–H and O–H groups in total. The lowest BCUT2D eigenvalue weighted by molar-refractivity contribution is -0.168. The quantitative estimate of drug-likeness (QED) is 0.0212. The van der Waals surface area contributed by atoms with Gasteiger partial charge in [-0.25, -0.2) is 9.98 Å². The van der Waals surface area contributed by atoms with Crippen LogP contribution in [-0.4, -0.2) is 58.8 Å². The third-order valence-electron chi connectivity index (χ3n) is 19.1. The molecule has 2 aromatic heterocycles. The van der Waals surface area contributed by atoms with Crippen molar-refractivity contribution in [2.45, 2.75) is 62.8 Å². The molecule has 110 heavy (non-hydrogen) atoms. The largest absolute Gasteiger partial charge is 0.459 e. The standard InChI is InChI=1S/C88H56N6O14S2/c1-3-25-62-60(4-2)68(58(42-89)43-90)74(76(62)95)93-66-40-64-70(86(66,80(97)103-46-52-26-11-5-12-27-52)81(98)104-47-53-28-13-6-14-29-53)72-78(109-64)79-73(88(72,84(101)107-50-56-34-19-9-20-35-56)85(102)108-51-57-36-21-10-22-37-57)71-65(110-79)41-67(94-75-69(59(44-91)45-92)61-38-23-24-39-63(61)77(75)96)87(71,82(99)105-48-54-30-15-7-16-31-54)83(100)106-49-55-32-17-8-18-33-55/h3-41H,1,46-51H2,2H3/b60-4+,62-25+,93-74?,94-75?. The van der Waals surface area contributed by atoms with Crippen molar-refractivity contribution in [2.24, 2.45) is 9.98 Å². The zero-order valence-corrected chi connectivity index (χ0v) is 59.8. The molecule has 0 bridgehead atoms. The Morgan fingerprint density at radius 3 is 0.991 bits per heavy atom. The molecule has 0 saturated heterocycles. The van der Waals surface area contributed by atoms with Crippen LogP contribution in [0.2, 0.25) is 0 Å². The molecule has 1 saturated carbocycles. The van der Waals surface area contributed by atoms with Gasteiger partial charge in [-0.05, 0) is 63.6 Å². The van der Waals surface area contributed by atoms with Crippen molar-refractivity contribution >= 4 is 99.2 Å². The second-order valence-electron chi connectivity index (χ2n) is 25.4. The minimum atomic E-state index is -3.33. The molecule has 0 spiro atoms. The smallest absolute Gasteiger partial charge is 0.334 e. The molecule has 22 heteroatoms. The molecule has 0 amide bonds. The normalized spacial score (nSPS) is 16.2. The van der Waals surface area contributed by atoms with Crippen LogP contribution in [0, 0.1) is 45.3 Å². The van der Waals surface area contributed by atoms with E-state index >= 15 is 38.4 Å². The molecule has 1 fully saturated rings. The molecule has 5 aliphatic rings. The van der Waals surface area contributed by atoms with E-state index in [-0.39, 0.29) is 52.9 Å². The van der Waals surface area contributed by atoms with Crippen LogP contribution in [-0.2, 0) is 118 Å². The van der Waals surface area contributed by atoms with Crippen LogP contribution in [0.4, 0.5) is 0 Å². The van der Waals surface area contributed by atoms with Crippen molar-refractivity contribution < 1.29 is 66.8 Å². The number of thiophene rings is 2. The lowest BCUT2D eigenvalue weighted by Gasteiger charge is -2.35. The van der Waals surface area contributed by atoms with Gasteiger partial charge in [-0.15, -0.1) is 22.7 Å². The fourth-order valence-electron chi connectivity index (χ4n) is 14.1. The van der Waals surface area contributed by atoms with E-state index in [1.807, 2.05) is 24.3 Å². The van der Waals surface area contributed by atoms with E-state index in [0.29, 0.717) is 33.4 Å². The van der Waals surface area contributed by atoms with Gasteiger partial charge in [-0.2, -0.15) is 21.0 Å². The topological polar surface area (TPSA) is 312 Å². The number of benzene rings is 7. The van der Waals surface area contributed by atoms with Gasteiger partial charge in [0.25, 0.3) is 0 Å². The molecule has 7 aromatic carbocycles. The van der Waals surface area contributed by atoms with Crippen LogP contribution < -0.4 is 0 Å². The molecule has 0 atom stereocenters. The molecule has 2 heterocycles. The van der Waals surface area contributed by atoms with E-state index < -0.39 is 159 Å². The van der Waals surface area contributed by atoms with Gasteiger partial charge in [0.2, 0.25) is 27.8 Å². The molecule has 14 rings (SSSR count). The number of carbonyl (C=O) groups excluding carboxylic acids is 8. The Morgan fingerprint density at radius 2 is 0.682 bits per heavy atom. The Balaban J connectivity index is 1.13. The number of Topliss-reactive ketones (excluding diaryl/α,β-unsaturated/α-hetero) is 2. The molecule has 9 aromatic rings. The Bertz CT molecular complexity index is 5660. The van der Waals surface area contributed by atoms with Crippen LogP contribution in [0.3, 0.4) is 0 Å². The minimum absolute atomic E-state index is 0.00992. The van der Waals surface area contributed by atoms with Crippen molar-refractivity contribution in [3.05, 3.63) is 347 Å². The summed E-state index contributed by atoms with van der Waals surface area (Å²) in [5.74, 6) is -10.6. The van der Waals surface area contributed by atoms with Gasteiger partial charge in [0, 0.05) is 54.3 Å². The average Bonchev–Trinajstić information content (AvgIpc) is 1.48. The predicted octanol–water partition coefficient (Wildman–Crippen LogP) is 14.3. The van der Waals surface area contributed by atoms with E-state index in [1.54, 1.807) is 201 Å². The number of nitriles is 4. The number of aliphatic imine (C=N–C) groups is 2. The number of ketones is 2. The number of hydrogen-bond acceptors (Lipinski definition) is 22. The van der Waals surface area contributed by atoms with E-state index in [2.05, 4.69) is 6.58 Å². The summed E-state index contributed by atoms with van der Waals surface area (Å²) in [6.45, 7) is 1.85. The van der Waals surface area contributed by atoms with Crippen LogP contribution in [0.5, 0.6) is 0 Å². The highest BCUT2D eigenvalue weighted by Crippen LogP contribution is 2.68. The number of allylic oxidation sites excluding steroid dienone is 9.